The van der Waals surface area contributed by atoms with E-state index < -0.39 is 11.6 Å². The second-order valence-electron chi connectivity index (χ2n) is 6.12. The summed E-state index contributed by atoms with van der Waals surface area (Å²) >= 11 is 0. The number of carbonyl (C=O) groups is 2. The van der Waals surface area contributed by atoms with Crippen LogP contribution in [0.3, 0.4) is 0 Å². The van der Waals surface area contributed by atoms with E-state index in [9.17, 15) is 14.0 Å². The van der Waals surface area contributed by atoms with Gasteiger partial charge in [0.1, 0.15) is 11.9 Å². The zero-order valence-corrected chi connectivity index (χ0v) is 12.4. The molecular weight excluding hydrogens is 273 g/mol. The second kappa shape index (κ2) is 5.71. The van der Waals surface area contributed by atoms with Crippen molar-refractivity contribution in [3.8, 4) is 0 Å². The van der Waals surface area contributed by atoms with E-state index in [-0.39, 0.29) is 17.8 Å². The average Bonchev–Trinajstić information content (AvgIpc) is 2.38. The summed E-state index contributed by atoms with van der Waals surface area (Å²) in [4.78, 5) is 26.0. The van der Waals surface area contributed by atoms with Gasteiger partial charge in [-0.1, -0.05) is 12.1 Å². The summed E-state index contributed by atoms with van der Waals surface area (Å²) < 4.78 is 13.0. The molecule has 0 aromatic heterocycles. The van der Waals surface area contributed by atoms with Gasteiger partial charge in [-0.3, -0.25) is 4.79 Å². The zero-order chi connectivity index (χ0) is 15.6. The van der Waals surface area contributed by atoms with Crippen LogP contribution in [0.4, 0.5) is 9.18 Å². The minimum atomic E-state index is -0.735. The van der Waals surface area contributed by atoms with E-state index in [2.05, 4.69) is 10.6 Å². The maximum atomic E-state index is 13.0. The molecule has 6 heteroatoms. The predicted molar refractivity (Wildman–Crippen MR) is 77.1 cm³/mol. The Morgan fingerprint density at radius 2 is 1.95 bits per heavy atom. The fourth-order valence-electron chi connectivity index (χ4n) is 2.25. The third-order valence-corrected chi connectivity index (χ3v) is 3.14. The lowest BCUT2D eigenvalue weighted by atomic mass is 10.0. The van der Waals surface area contributed by atoms with E-state index in [1.165, 1.54) is 29.2 Å². The first-order valence-electron chi connectivity index (χ1n) is 6.90. The molecule has 3 amide bonds. The average molecular weight is 293 g/mol. The lowest BCUT2D eigenvalue weighted by Crippen LogP contribution is -2.57. The molecule has 0 bridgehead atoms. The SMILES string of the molecule is CC(C)(C)NC(=O)N1CCNC(=O)C1c1ccc(F)cc1. The molecular formula is C15H20FN3O2. The van der Waals surface area contributed by atoms with Crippen molar-refractivity contribution in [1.82, 2.24) is 15.5 Å². The highest BCUT2D eigenvalue weighted by Crippen LogP contribution is 2.24. The highest BCUT2D eigenvalue weighted by molar-refractivity contribution is 5.89. The van der Waals surface area contributed by atoms with Crippen LogP contribution >= 0.6 is 0 Å². The van der Waals surface area contributed by atoms with Crippen molar-refractivity contribution >= 4 is 11.9 Å². The van der Waals surface area contributed by atoms with E-state index in [0.29, 0.717) is 18.7 Å². The number of nitrogens with one attached hydrogen (secondary N) is 2. The van der Waals surface area contributed by atoms with E-state index in [0.717, 1.165) is 0 Å². The van der Waals surface area contributed by atoms with Gasteiger partial charge in [-0.25, -0.2) is 9.18 Å². The summed E-state index contributed by atoms with van der Waals surface area (Å²) in [6, 6.07) is 4.60. The highest BCUT2D eigenvalue weighted by Gasteiger charge is 2.35. The van der Waals surface area contributed by atoms with Crippen molar-refractivity contribution in [2.45, 2.75) is 32.4 Å². The number of urea groups is 1. The molecule has 1 aromatic carbocycles. The summed E-state index contributed by atoms with van der Waals surface area (Å²) in [7, 11) is 0. The summed E-state index contributed by atoms with van der Waals surface area (Å²) in [6.45, 7) is 6.45. The molecule has 0 radical (unpaired) electrons. The monoisotopic (exact) mass is 293 g/mol. The maximum Gasteiger partial charge on any atom is 0.318 e. The third-order valence-electron chi connectivity index (χ3n) is 3.14. The van der Waals surface area contributed by atoms with Crippen LogP contribution in [0.25, 0.3) is 0 Å². The van der Waals surface area contributed by atoms with Crippen LogP contribution in [0.1, 0.15) is 32.4 Å². The van der Waals surface area contributed by atoms with Crippen molar-refractivity contribution < 1.29 is 14.0 Å². The zero-order valence-electron chi connectivity index (χ0n) is 12.4. The lowest BCUT2D eigenvalue weighted by Gasteiger charge is -2.37. The molecule has 1 saturated heterocycles. The Morgan fingerprint density at radius 3 is 2.52 bits per heavy atom. The predicted octanol–water partition coefficient (Wildman–Crippen LogP) is 1.81. The highest BCUT2D eigenvalue weighted by atomic mass is 19.1. The van der Waals surface area contributed by atoms with E-state index in [1.54, 1.807) is 0 Å². The molecule has 2 N–H and O–H groups in total. The number of benzene rings is 1. The van der Waals surface area contributed by atoms with Gasteiger partial charge in [0.25, 0.3) is 0 Å². The van der Waals surface area contributed by atoms with Crippen LogP contribution in [0.15, 0.2) is 24.3 Å². The molecule has 21 heavy (non-hydrogen) atoms. The number of rotatable bonds is 1. The van der Waals surface area contributed by atoms with Crippen molar-refractivity contribution in [3.63, 3.8) is 0 Å². The number of carbonyl (C=O) groups excluding carboxylic acids is 2. The number of halogens is 1. The Labute approximate surface area is 123 Å². The normalized spacial score (nSPS) is 19.1. The first-order chi connectivity index (χ1) is 9.78. The molecule has 0 aliphatic carbocycles. The molecule has 0 saturated carbocycles. The molecule has 5 nitrogen and oxygen atoms in total. The topological polar surface area (TPSA) is 61.4 Å². The standard InChI is InChI=1S/C15H20FN3O2/c1-15(2,3)18-14(21)19-9-8-17-13(20)12(19)10-4-6-11(16)7-5-10/h4-7,12H,8-9H2,1-3H3,(H,17,20)(H,18,21). The summed E-state index contributed by atoms with van der Waals surface area (Å²) in [5.74, 6) is -0.627. The summed E-state index contributed by atoms with van der Waals surface area (Å²) in [6.07, 6.45) is 0. The first kappa shape index (κ1) is 15.3. The molecule has 1 aliphatic rings. The Morgan fingerprint density at radius 1 is 1.33 bits per heavy atom. The Bertz CT molecular complexity index is 537. The van der Waals surface area contributed by atoms with Gasteiger partial charge in [-0.15, -0.1) is 0 Å². The van der Waals surface area contributed by atoms with Gasteiger partial charge in [-0.05, 0) is 38.5 Å². The minimum absolute atomic E-state index is 0.253. The molecule has 1 fully saturated rings. The Hall–Kier alpha value is -2.11. The number of hydrogen-bond acceptors (Lipinski definition) is 2. The fourth-order valence-corrected chi connectivity index (χ4v) is 2.25. The van der Waals surface area contributed by atoms with Crippen LogP contribution in [-0.4, -0.2) is 35.5 Å². The van der Waals surface area contributed by atoms with E-state index >= 15 is 0 Å². The van der Waals surface area contributed by atoms with Crippen LogP contribution in [0.2, 0.25) is 0 Å². The molecule has 2 rings (SSSR count). The molecule has 1 aliphatic heterocycles. The molecule has 0 spiro atoms. The number of hydrogen-bond donors (Lipinski definition) is 2. The Kier molecular flexibility index (Phi) is 4.16. The van der Waals surface area contributed by atoms with Crippen molar-refractivity contribution in [1.29, 1.82) is 0 Å². The first-order valence-corrected chi connectivity index (χ1v) is 6.90. The molecule has 1 heterocycles. The summed E-state index contributed by atoms with van der Waals surface area (Å²) in [5.41, 5.74) is 0.205. The molecule has 1 unspecified atom stereocenters. The van der Waals surface area contributed by atoms with Gasteiger partial charge in [0, 0.05) is 18.6 Å². The summed E-state index contributed by atoms with van der Waals surface area (Å²) in [5, 5.41) is 5.59. The van der Waals surface area contributed by atoms with Gasteiger partial charge >= 0.3 is 6.03 Å². The quantitative estimate of drug-likeness (QED) is 0.829. The fraction of sp³-hybridized carbons (Fsp3) is 0.467. The second-order valence-corrected chi connectivity index (χ2v) is 6.12. The van der Waals surface area contributed by atoms with Crippen LogP contribution in [0, 0.1) is 5.82 Å². The molecule has 1 atom stereocenters. The molecule has 1 aromatic rings. The van der Waals surface area contributed by atoms with Crippen molar-refractivity contribution in [2.75, 3.05) is 13.1 Å². The minimum Gasteiger partial charge on any atom is -0.352 e. The maximum absolute atomic E-state index is 13.0. The van der Waals surface area contributed by atoms with Gasteiger partial charge in [0.05, 0.1) is 0 Å². The van der Waals surface area contributed by atoms with Crippen LogP contribution < -0.4 is 10.6 Å². The van der Waals surface area contributed by atoms with E-state index in [1.807, 2.05) is 20.8 Å². The van der Waals surface area contributed by atoms with Gasteiger partial charge in [0.2, 0.25) is 5.91 Å². The largest absolute Gasteiger partial charge is 0.352 e. The van der Waals surface area contributed by atoms with Crippen LogP contribution in [-0.2, 0) is 4.79 Å². The van der Waals surface area contributed by atoms with Crippen molar-refractivity contribution in [2.24, 2.45) is 0 Å². The third kappa shape index (κ3) is 3.71. The number of amides is 3. The van der Waals surface area contributed by atoms with E-state index in [4.69, 9.17) is 0 Å². The van der Waals surface area contributed by atoms with Crippen molar-refractivity contribution in [3.05, 3.63) is 35.6 Å². The van der Waals surface area contributed by atoms with Gasteiger partial charge in [-0.2, -0.15) is 0 Å². The lowest BCUT2D eigenvalue weighted by molar-refractivity contribution is -0.127. The number of nitrogens with zero attached hydrogens (tertiary/aromatic N) is 1. The van der Waals surface area contributed by atoms with Crippen LogP contribution in [0.5, 0.6) is 0 Å². The number of piperazine rings is 1. The molecule has 114 valence electrons. The van der Waals surface area contributed by atoms with Gasteiger partial charge < -0.3 is 15.5 Å². The Balaban J connectivity index is 2.27. The smallest absolute Gasteiger partial charge is 0.318 e. The van der Waals surface area contributed by atoms with Gasteiger partial charge in [0.15, 0.2) is 0 Å².